The van der Waals surface area contributed by atoms with E-state index in [4.69, 9.17) is 9.52 Å². The van der Waals surface area contributed by atoms with Crippen molar-refractivity contribution in [3.63, 3.8) is 0 Å². The number of hydrogen-bond donors (Lipinski definition) is 2. The van der Waals surface area contributed by atoms with E-state index in [1.807, 2.05) is 13.8 Å². The summed E-state index contributed by atoms with van der Waals surface area (Å²) >= 11 is 0. The molecule has 16 heavy (non-hydrogen) atoms. The lowest BCUT2D eigenvalue weighted by atomic mass is 10.3. The largest absolute Gasteiger partial charge is 0.475 e. The number of furan rings is 1. The van der Waals surface area contributed by atoms with Crippen molar-refractivity contribution < 1.29 is 19.1 Å². The summed E-state index contributed by atoms with van der Waals surface area (Å²) in [5, 5.41) is 11.3. The first-order valence-corrected chi connectivity index (χ1v) is 4.80. The molecule has 0 aromatic carbocycles. The molecule has 0 bridgehead atoms. The Morgan fingerprint density at radius 1 is 1.44 bits per heavy atom. The van der Waals surface area contributed by atoms with Crippen molar-refractivity contribution in [2.45, 2.75) is 19.9 Å². The normalized spacial score (nSPS) is 10.9. The zero-order valence-corrected chi connectivity index (χ0v) is 9.06. The Kier molecular flexibility index (Phi) is 3.88. The van der Waals surface area contributed by atoms with E-state index in [2.05, 4.69) is 5.32 Å². The summed E-state index contributed by atoms with van der Waals surface area (Å²) in [5.74, 6) is -1.20. The van der Waals surface area contributed by atoms with Crippen molar-refractivity contribution >= 4 is 18.0 Å². The van der Waals surface area contributed by atoms with E-state index in [1.165, 1.54) is 24.3 Å². The van der Waals surface area contributed by atoms with Crippen LogP contribution in [0.1, 0.15) is 30.2 Å². The number of amides is 1. The monoisotopic (exact) mass is 223 g/mol. The van der Waals surface area contributed by atoms with E-state index in [9.17, 15) is 9.59 Å². The van der Waals surface area contributed by atoms with Crippen LogP contribution >= 0.6 is 0 Å². The molecule has 5 heteroatoms. The number of aromatic carboxylic acids is 1. The smallest absolute Gasteiger partial charge is 0.371 e. The molecule has 86 valence electrons. The summed E-state index contributed by atoms with van der Waals surface area (Å²) in [4.78, 5) is 21.7. The van der Waals surface area contributed by atoms with Crippen LogP contribution in [0.25, 0.3) is 6.08 Å². The molecule has 0 aliphatic carbocycles. The second kappa shape index (κ2) is 5.16. The fourth-order valence-corrected chi connectivity index (χ4v) is 1.05. The maximum Gasteiger partial charge on any atom is 0.371 e. The fourth-order valence-electron chi connectivity index (χ4n) is 1.05. The standard InChI is InChI=1S/C11H13NO4/c1-7(2)12-10(13)6-4-8-3-5-9(16-8)11(14)15/h3-7H,1-2H3,(H,12,13)(H,14,15). The molecule has 2 N–H and O–H groups in total. The van der Waals surface area contributed by atoms with E-state index in [0.29, 0.717) is 5.76 Å². The average Bonchev–Trinajstić information content (AvgIpc) is 2.61. The lowest BCUT2D eigenvalue weighted by Gasteiger charge is -2.03. The van der Waals surface area contributed by atoms with E-state index >= 15 is 0 Å². The molecule has 0 atom stereocenters. The van der Waals surface area contributed by atoms with Gasteiger partial charge in [-0.2, -0.15) is 0 Å². The Morgan fingerprint density at radius 2 is 2.12 bits per heavy atom. The molecule has 1 amide bonds. The molecule has 1 aromatic heterocycles. The van der Waals surface area contributed by atoms with Gasteiger partial charge in [-0.15, -0.1) is 0 Å². The Labute approximate surface area is 92.8 Å². The summed E-state index contributed by atoms with van der Waals surface area (Å²) in [5.41, 5.74) is 0. The van der Waals surface area contributed by atoms with Gasteiger partial charge >= 0.3 is 5.97 Å². The maximum absolute atomic E-state index is 11.2. The number of carbonyl (C=O) groups is 2. The molecule has 0 unspecified atom stereocenters. The zero-order chi connectivity index (χ0) is 12.1. The fraction of sp³-hybridized carbons (Fsp3) is 0.273. The van der Waals surface area contributed by atoms with Crippen LogP contribution in [-0.4, -0.2) is 23.0 Å². The molecule has 0 radical (unpaired) electrons. The molecular formula is C11H13NO4. The van der Waals surface area contributed by atoms with Gasteiger partial charge in [0.1, 0.15) is 5.76 Å². The minimum Gasteiger partial charge on any atom is -0.475 e. The summed E-state index contributed by atoms with van der Waals surface area (Å²) < 4.78 is 4.93. The van der Waals surface area contributed by atoms with E-state index in [0.717, 1.165) is 0 Å². The predicted molar refractivity (Wildman–Crippen MR) is 58.0 cm³/mol. The van der Waals surface area contributed by atoms with Gasteiger partial charge in [0.2, 0.25) is 11.7 Å². The SMILES string of the molecule is CC(C)NC(=O)C=Cc1ccc(C(=O)O)o1. The molecule has 0 saturated heterocycles. The minimum atomic E-state index is -1.13. The Morgan fingerprint density at radius 3 is 2.62 bits per heavy atom. The molecule has 0 aliphatic rings. The van der Waals surface area contributed by atoms with Gasteiger partial charge in [-0.1, -0.05) is 0 Å². The molecule has 0 saturated carbocycles. The molecule has 5 nitrogen and oxygen atoms in total. The van der Waals surface area contributed by atoms with Crippen LogP contribution in [0.2, 0.25) is 0 Å². The molecule has 1 aromatic rings. The van der Waals surface area contributed by atoms with Crippen molar-refractivity contribution in [3.8, 4) is 0 Å². The number of nitrogens with one attached hydrogen (secondary N) is 1. The highest BCUT2D eigenvalue weighted by Crippen LogP contribution is 2.09. The Balaban J connectivity index is 2.62. The number of carboxylic acid groups (broad SMARTS) is 1. The van der Waals surface area contributed by atoms with Crippen molar-refractivity contribution in [2.75, 3.05) is 0 Å². The Bertz CT molecular complexity index is 417. The number of rotatable bonds is 4. The van der Waals surface area contributed by atoms with Crippen LogP contribution in [0.3, 0.4) is 0 Å². The topological polar surface area (TPSA) is 79.5 Å². The van der Waals surface area contributed by atoms with Crippen LogP contribution < -0.4 is 5.32 Å². The second-order valence-electron chi connectivity index (χ2n) is 3.50. The van der Waals surface area contributed by atoms with Crippen molar-refractivity contribution in [1.82, 2.24) is 5.32 Å². The van der Waals surface area contributed by atoms with Gasteiger partial charge in [-0.3, -0.25) is 4.79 Å². The molecular weight excluding hydrogens is 210 g/mol. The van der Waals surface area contributed by atoms with Crippen LogP contribution in [0.5, 0.6) is 0 Å². The van der Waals surface area contributed by atoms with Gasteiger partial charge in [-0.05, 0) is 32.1 Å². The third-order valence-electron chi connectivity index (χ3n) is 1.67. The minimum absolute atomic E-state index is 0.0586. The van der Waals surface area contributed by atoms with Gasteiger partial charge in [0.25, 0.3) is 0 Å². The molecule has 1 rings (SSSR count). The highest BCUT2D eigenvalue weighted by atomic mass is 16.4. The molecule has 1 heterocycles. The van der Waals surface area contributed by atoms with E-state index in [-0.39, 0.29) is 17.7 Å². The molecule has 0 fully saturated rings. The van der Waals surface area contributed by atoms with Crippen LogP contribution in [-0.2, 0) is 4.79 Å². The lowest BCUT2D eigenvalue weighted by Crippen LogP contribution is -2.28. The van der Waals surface area contributed by atoms with Crippen LogP contribution in [0.15, 0.2) is 22.6 Å². The molecule has 0 aliphatic heterocycles. The van der Waals surface area contributed by atoms with Gasteiger partial charge in [0.15, 0.2) is 0 Å². The molecule has 0 spiro atoms. The predicted octanol–water partition coefficient (Wildman–Crippen LogP) is 1.52. The van der Waals surface area contributed by atoms with Crippen LogP contribution in [0, 0.1) is 0 Å². The second-order valence-corrected chi connectivity index (χ2v) is 3.50. The first-order chi connectivity index (χ1) is 7.49. The van der Waals surface area contributed by atoms with Crippen molar-refractivity contribution in [2.24, 2.45) is 0 Å². The van der Waals surface area contributed by atoms with Gasteiger partial charge in [0, 0.05) is 12.1 Å². The first kappa shape index (κ1) is 12.0. The number of carbonyl (C=O) groups excluding carboxylic acids is 1. The third-order valence-corrected chi connectivity index (χ3v) is 1.67. The third kappa shape index (κ3) is 3.61. The lowest BCUT2D eigenvalue weighted by molar-refractivity contribution is -0.116. The maximum atomic E-state index is 11.2. The summed E-state index contributed by atoms with van der Waals surface area (Å²) in [7, 11) is 0. The average molecular weight is 223 g/mol. The Hall–Kier alpha value is -2.04. The highest BCUT2D eigenvalue weighted by molar-refractivity contribution is 5.91. The van der Waals surface area contributed by atoms with Gasteiger partial charge in [-0.25, -0.2) is 4.79 Å². The van der Waals surface area contributed by atoms with E-state index in [1.54, 1.807) is 0 Å². The number of carboxylic acids is 1. The van der Waals surface area contributed by atoms with Gasteiger partial charge in [0.05, 0.1) is 0 Å². The first-order valence-electron chi connectivity index (χ1n) is 4.80. The summed E-state index contributed by atoms with van der Waals surface area (Å²) in [6, 6.07) is 2.88. The van der Waals surface area contributed by atoms with E-state index < -0.39 is 5.97 Å². The van der Waals surface area contributed by atoms with Gasteiger partial charge < -0.3 is 14.8 Å². The zero-order valence-electron chi connectivity index (χ0n) is 9.06. The van der Waals surface area contributed by atoms with Crippen molar-refractivity contribution in [1.29, 1.82) is 0 Å². The van der Waals surface area contributed by atoms with Crippen LogP contribution in [0.4, 0.5) is 0 Å². The van der Waals surface area contributed by atoms with Crippen molar-refractivity contribution in [3.05, 3.63) is 29.7 Å². The quantitative estimate of drug-likeness (QED) is 0.758. The summed E-state index contributed by atoms with van der Waals surface area (Å²) in [6.45, 7) is 3.70. The highest BCUT2D eigenvalue weighted by Gasteiger charge is 2.07. The summed E-state index contributed by atoms with van der Waals surface area (Å²) in [6.07, 6.45) is 2.72. The number of hydrogen-bond acceptors (Lipinski definition) is 3.